The second-order valence-electron chi connectivity index (χ2n) is 21.6. The zero-order valence-electron chi connectivity index (χ0n) is 52.5. The minimum atomic E-state index is -0.800. The third-order valence-corrected chi connectivity index (χ3v) is 13.8. The lowest BCUT2D eigenvalue weighted by atomic mass is 10.0. The van der Waals surface area contributed by atoms with Crippen molar-refractivity contribution in [2.45, 2.75) is 297 Å². The number of rotatable bonds is 59. The summed E-state index contributed by atoms with van der Waals surface area (Å²) >= 11 is 0. The minimum absolute atomic E-state index is 0.0931. The maximum absolute atomic E-state index is 12.9. The first-order valence-electron chi connectivity index (χ1n) is 33.3. The van der Waals surface area contributed by atoms with E-state index in [0.29, 0.717) is 19.3 Å². The topological polar surface area (TPSA) is 78.9 Å². The number of ether oxygens (including phenoxy) is 3. The molecule has 1 atom stereocenters. The Morgan fingerprint density at radius 1 is 0.259 bits per heavy atom. The van der Waals surface area contributed by atoms with Gasteiger partial charge in [-0.15, -0.1) is 0 Å². The second-order valence-corrected chi connectivity index (χ2v) is 21.6. The molecule has 0 bridgehead atoms. The Balaban J connectivity index is 4.35. The van der Waals surface area contributed by atoms with Crippen LogP contribution >= 0.6 is 0 Å². The van der Waals surface area contributed by atoms with E-state index in [1.54, 1.807) is 0 Å². The quantitative estimate of drug-likeness (QED) is 0.0261. The van der Waals surface area contributed by atoms with Gasteiger partial charge in [-0.1, -0.05) is 295 Å². The van der Waals surface area contributed by atoms with Gasteiger partial charge in [0.1, 0.15) is 13.2 Å². The molecule has 0 fully saturated rings. The first-order chi connectivity index (χ1) is 40.0. The SMILES string of the molecule is CC/C=C\C/C=C\C/C=C\C/C=C\C/C=C\C/C=C\C/C=C\C/C=C\C/C=C\CCCCCCCC(=O)OCC(COC(=O)CCCCCCCCCCCCCCCCC)OC(=O)CCCCCCC/C=C\C/C=C\C/C=C\CC. The Morgan fingerprint density at radius 2 is 0.481 bits per heavy atom. The lowest BCUT2D eigenvalue weighted by molar-refractivity contribution is -0.167. The van der Waals surface area contributed by atoms with Gasteiger partial charge in [0.15, 0.2) is 6.10 Å². The van der Waals surface area contributed by atoms with Crippen LogP contribution in [-0.4, -0.2) is 37.2 Å². The van der Waals surface area contributed by atoms with Crippen molar-refractivity contribution in [2.24, 2.45) is 0 Å². The summed E-state index contributed by atoms with van der Waals surface area (Å²) in [6.45, 7) is 6.40. The second kappa shape index (κ2) is 67.8. The summed E-state index contributed by atoms with van der Waals surface area (Å²) in [7, 11) is 0. The Hall–Kier alpha value is -4.71. The monoisotopic (exact) mass is 1120 g/mol. The van der Waals surface area contributed by atoms with Crippen LogP contribution in [0.15, 0.2) is 146 Å². The third kappa shape index (κ3) is 66.0. The van der Waals surface area contributed by atoms with Gasteiger partial charge in [-0.25, -0.2) is 0 Å². The van der Waals surface area contributed by atoms with Crippen molar-refractivity contribution in [3.8, 4) is 0 Å². The van der Waals surface area contributed by atoms with Crippen LogP contribution < -0.4 is 0 Å². The van der Waals surface area contributed by atoms with Crippen molar-refractivity contribution in [2.75, 3.05) is 13.2 Å². The van der Waals surface area contributed by atoms with E-state index in [-0.39, 0.29) is 31.1 Å². The maximum atomic E-state index is 12.9. The lowest BCUT2D eigenvalue weighted by Gasteiger charge is -2.18. The van der Waals surface area contributed by atoms with E-state index in [0.717, 1.165) is 173 Å². The molecule has 0 heterocycles. The first-order valence-corrected chi connectivity index (χ1v) is 33.3. The fourth-order valence-electron chi connectivity index (χ4n) is 8.92. The van der Waals surface area contributed by atoms with Crippen LogP contribution in [0, 0.1) is 0 Å². The standard InChI is InChI=1S/C75H122O6/c1-4-7-10-13-16-19-22-25-28-29-30-31-32-33-34-35-36-37-38-39-40-41-42-43-44-45-48-50-53-56-59-62-65-68-74(77)80-71-72(81-75(78)69-66-63-60-57-54-51-47-27-24-21-18-15-12-9-6-3)70-79-73(76)67-64-61-58-55-52-49-46-26-23-20-17-14-11-8-5-2/h7,9-10,12,16,18-19,21,25,27-28,30-31,33-34,36-37,39-40,42-43,45,47-48,72H,4-6,8,11,13-15,17,20,22-24,26,29,32,35,38,41,44,46,49-71H2,1-3H3/b10-7-,12-9-,19-16-,21-18-,28-25-,31-30-,34-33-,37-36-,40-39-,43-42-,47-27-,48-45-. The molecule has 0 aliphatic carbocycles. The summed E-state index contributed by atoms with van der Waals surface area (Å²) in [6.07, 6.45) is 97.1. The van der Waals surface area contributed by atoms with E-state index in [9.17, 15) is 14.4 Å². The van der Waals surface area contributed by atoms with Gasteiger partial charge in [-0.2, -0.15) is 0 Å². The summed E-state index contributed by atoms with van der Waals surface area (Å²) in [6, 6.07) is 0. The highest BCUT2D eigenvalue weighted by atomic mass is 16.6. The number of allylic oxidation sites excluding steroid dienone is 24. The van der Waals surface area contributed by atoms with E-state index in [2.05, 4.69) is 167 Å². The van der Waals surface area contributed by atoms with E-state index in [1.807, 2.05) is 0 Å². The summed E-state index contributed by atoms with van der Waals surface area (Å²) in [4.78, 5) is 38.3. The number of hydrogen-bond donors (Lipinski definition) is 0. The number of carbonyl (C=O) groups is 3. The van der Waals surface area contributed by atoms with Crippen LogP contribution in [0.2, 0.25) is 0 Å². The van der Waals surface area contributed by atoms with Crippen LogP contribution in [0.4, 0.5) is 0 Å². The Kier molecular flexibility index (Phi) is 63.9. The Morgan fingerprint density at radius 3 is 0.753 bits per heavy atom. The molecule has 0 saturated heterocycles. The average Bonchev–Trinajstić information content (AvgIpc) is 3.47. The van der Waals surface area contributed by atoms with Crippen LogP contribution in [-0.2, 0) is 28.6 Å². The average molecular weight is 1120 g/mol. The molecule has 0 radical (unpaired) electrons. The number of carbonyl (C=O) groups excluding carboxylic acids is 3. The molecule has 0 aliphatic rings. The molecule has 81 heavy (non-hydrogen) atoms. The van der Waals surface area contributed by atoms with Gasteiger partial charge in [-0.3, -0.25) is 14.4 Å². The van der Waals surface area contributed by atoms with Crippen molar-refractivity contribution in [3.05, 3.63) is 146 Å². The lowest BCUT2D eigenvalue weighted by Crippen LogP contribution is -2.30. The Bertz CT molecular complexity index is 1760. The number of esters is 3. The molecule has 1 unspecified atom stereocenters. The van der Waals surface area contributed by atoms with E-state index < -0.39 is 6.10 Å². The van der Waals surface area contributed by atoms with Crippen molar-refractivity contribution < 1.29 is 28.6 Å². The zero-order valence-corrected chi connectivity index (χ0v) is 52.5. The predicted octanol–water partition coefficient (Wildman–Crippen LogP) is 23.1. The molecule has 0 N–H and O–H groups in total. The van der Waals surface area contributed by atoms with Gasteiger partial charge in [0.2, 0.25) is 0 Å². The summed E-state index contributed by atoms with van der Waals surface area (Å²) in [5, 5.41) is 0. The summed E-state index contributed by atoms with van der Waals surface area (Å²) < 4.78 is 16.9. The molecule has 0 amide bonds. The highest BCUT2D eigenvalue weighted by molar-refractivity contribution is 5.71. The molecule has 0 rings (SSSR count). The molecule has 0 aromatic rings. The van der Waals surface area contributed by atoms with Crippen LogP contribution in [0.5, 0.6) is 0 Å². The summed E-state index contributed by atoms with van der Waals surface area (Å²) in [5.74, 6) is -0.927. The van der Waals surface area contributed by atoms with E-state index in [1.165, 1.54) is 77.0 Å². The fourth-order valence-corrected chi connectivity index (χ4v) is 8.92. The van der Waals surface area contributed by atoms with Gasteiger partial charge in [0.05, 0.1) is 0 Å². The van der Waals surface area contributed by atoms with Crippen molar-refractivity contribution in [3.63, 3.8) is 0 Å². The summed E-state index contributed by atoms with van der Waals surface area (Å²) in [5.41, 5.74) is 0. The van der Waals surface area contributed by atoms with Gasteiger partial charge in [0, 0.05) is 19.3 Å². The van der Waals surface area contributed by atoms with Crippen LogP contribution in [0.1, 0.15) is 290 Å². The molecule has 0 aliphatic heterocycles. The van der Waals surface area contributed by atoms with Gasteiger partial charge < -0.3 is 14.2 Å². The third-order valence-electron chi connectivity index (χ3n) is 13.8. The molecular weight excluding hydrogens is 997 g/mol. The normalized spacial score (nSPS) is 13.1. The predicted molar refractivity (Wildman–Crippen MR) is 352 cm³/mol. The van der Waals surface area contributed by atoms with Crippen molar-refractivity contribution in [1.82, 2.24) is 0 Å². The van der Waals surface area contributed by atoms with E-state index >= 15 is 0 Å². The van der Waals surface area contributed by atoms with Gasteiger partial charge in [-0.05, 0) is 122 Å². The molecule has 0 aromatic carbocycles. The van der Waals surface area contributed by atoms with Gasteiger partial charge >= 0.3 is 17.9 Å². The molecule has 0 saturated carbocycles. The van der Waals surface area contributed by atoms with Crippen LogP contribution in [0.3, 0.4) is 0 Å². The fraction of sp³-hybridized carbons (Fsp3) is 0.640. The number of hydrogen-bond acceptors (Lipinski definition) is 6. The van der Waals surface area contributed by atoms with Crippen molar-refractivity contribution >= 4 is 17.9 Å². The maximum Gasteiger partial charge on any atom is 0.306 e. The molecule has 0 spiro atoms. The van der Waals surface area contributed by atoms with E-state index in [4.69, 9.17) is 14.2 Å². The van der Waals surface area contributed by atoms with Crippen LogP contribution in [0.25, 0.3) is 0 Å². The highest BCUT2D eigenvalue weighted by Gasteiger charge is 2.19. The molecule has 6 nitrogen and oxygen atoms in total. The Labute approximate surface area is 499 Å². The largest absolute Gasteiger partial charge is 0.462 e. The first kappa shape index (κ1) is 76.3. The molecular formula is C75H122O6. The van der Waals surface area contributed by atoms with Gasteiger partial charge in [0.25, 0.3) is 0 Å². The highest BCUT2D eigenvalue weighted by Crippen LogP contribution is 2.16. The molecule has 0 aromatic heterocycles. The smallest absolute Gasteiger partial charge is 0.306 e. The molecule has 458 valence electrons. The molecule has 6 heteroatoms. The zero-order chi connectivity index (χ0) is 58.5. The van der Waals surface area contributed by atoms with Crippen molar-refractivity contribution in [1.29, 1.82) is 0 Å². The minimum Gasteiger partial charge on any atom is -0.462 e. The number of unbranched alkanes of at least 4 members (excludes halogenated alkanes) is 24.